The SMILES string of the molecule is Cc1cc(C(C(=O)Nc2cccc(CCC(=O)O)c2C)C2CCCC2)c(F)cc1-c1cnc(C)c(Cl)c1. The number of carboxylic acid groups (broad SMARTS) is 1. The Morgan fingerprint density at radius 2 is 1.89 bits per heavy atom. The van der Waals surface area contributed by atoms with Gasteiger partial charge in [-0.15, -0.1) is 0 Å². The number of nitrogens with one attached hydrogen (secondary N) is 1. The van der Waals surface area contributed by atoms with Gasteiger partial charge in [0.05, 0.1) is 16.6 Å². The molecular formula is C30H32ClFN2O3. The van der Waals surface area contributed by atoms with Crippen LogP contribution in [0.3, 0.4) is 0 Å². The van der Waals surface area contributed by atoms with Gasteiger partial charge in [-0.3, -0.25) is 14.6 Å². The van der Waals surface area contributed by atoms with E-state index in [0.29, 0.717) is 34.0 Å². The largest absolute Gasteiger partial charge is 0.481 e. The maximum atomic E-state index is 15.7. The van der Waals surface area contributed by atoms with E-state index in [9.17, 15) is 9.59 Å². The van der Waals surface area contributed by atoms with Crippen LogP contribution >= 0.6 is 11.6 Å². The Morgan fingerprint density at radius 3 is 2.57 bits per heavy atom. The Kier molecular flexibility index (Phi) is 8.28. The maximum Gasteiger partial charge on any atom is 0.303 e. The van der Waals surface area contributed by atoms with Crippen LogP contribution in [0.4, 0.5) is 10.1 Å². The van der Waals surface area contributed by atoms with Gasteiger partial charge in [0.2, 0.25) is 5.91 Å². The molecule has 0 bridgehead atoms. The highest BCUT2D eigenvalue weighted by molar-refractivity contribution is 6.31. The molecule has 7 heteroatoms. The number of hydrogen-bond donors (Lipinski definition) is 2. The second-order valence-corrected chi connectivity index (χ2v) is 10.4. The fraction of sp³-hybridized carbons (Fsp3) is 0.367. The second kappa shape index (κ2) is 11.4. The van der Waals surface area contributed by atoms with E-state index in [2.05, 4.69) is 10.3 Å². The van der Waals surface area contributed by atoms with E-state index < -0.39 is 17.7 Å². The van der Waals surface area contributed by atoms with Crippen molar-refractivity contribution < 1.29 is 19.1 Å². The van der Waals surface area contributed by atoms with E-state index in [1.54, 1.807) is 18.3 Å². The molecule has 1 saturated carbocycles. The molecule has 1 atom stereocenters. The molecule has 1 fully saturated rings. The highest BCUT2D eigenvalue weighted by atomic mass is 35.5. The van der Waals surface area contributed by atoms with Crippen LogP contribution < -0.4 is 5.32 Å². The number of nitrogens with zero attached hydrogens (tertiary/aromatic N) is 1. The molecule has 37 heavy (non-hydrogen) atoms. The van der Waals surface area contributed by atoms with E-state index >= 15 is 4.39 Å². The van der Waals surface area contributed by atoms with Crippen molar-refractivity contribution in [1.82, 2.24) is 4.98 Å². The summed E-state index contributed by atoms with van der Waals surface area (Å²) in [5, 5.41) is 12.6. The van der Waals surface area contributed by atoms with Gasteiger partial charge in [-0.05, 0) is 86.4 Å². The Bertz CT molecular complexity index is 1330. The topological polar surface area (TPSA) is 79.3 Å². The molecule has 1 unspecified atom stereocenters. The quantitative estimate of drug-likeness (QED) is 0.323. The fourth-order valence-corrected chi connectivity index (χ4v) is 5.51. The molecule has 1 aliphatic carbocycles. The second-order valence-electron chi connectivity index (χ2n) is 9.97. The number of aryl methyl sites for hydroxylation is 3. The van der Waals surface area contributed by atoms with E-state index in [4.69, 9.17) is 16.7 Å². The normalized spacial score (nSPS) is 14.5. The molecule has 5 nitrogen and oxygen atoms in total. The number of amides is 1. The van der Waals surface area contributed by atoms with Gasteiger partial charge < -0.3 is 10.4 Å². The van der Waals surface area contributed by atoms with Gasteiger partial charge in [-0.25, -0.2) is 4.39 Å². The summed E-state index contributed by atoms with van der Waals surface area (Å²) in [4.78, 5) is 29.1. The molecule has 0 spiro atoms. The minimum absolute atomic E-state index is 0.0154. The number of aliphatic carboxylic acids is 1. The molecule has 0 radical (unpaired) electrons. The third-order valence-electron chi connectivity index (χ3n) is 7.48. The van der Waals surface area contributed by atoms with Crippen LogP contribution in [-0.4, -0.2) is 22.0 Å². The number of carbonyl (C=O) groups is 2. The average molecular weight is 523 g/mol. The van der Waals surface area contributed by atoms with Crippen LogP contribution in [0.1, 0.15) is 66.0 Å². The first-order valence-electron chi connectivity index (χ1n) is 12.7. The van der Waals surface area contributed by atoms with Crippen molar-refractivity contribution in [2.75, 3.05) is 5.32 Å². The van der Waals surface area contributed by atoms with Gasteiger partial charge in [0.1, 0.15) is 5.82 Å². The molecule has 1 heterocycles. The van der Waals surface area contributed by atoms with Crippen molar-refractivity contribution in [3.05, 3.63) is 81.4 Å². The van der Waals surface area contributed by atoms with E-state index in [1.807, 2.05) is 39.0 Å². The lowest BCUT2D eigenvalue weighted by Gasteiger charge is -2.25. The Hall–Kier alpha value is -3.25. The summed E-state index contributed by atoms with van der Waals surface area (Å²) >= 11 is 6.26. The highest BCUT2D eigenvalue weighted by Crippen LogP contribution is 2.41. The standard InChI is InChI=1S/C30H32ClFN2O3/c1-17-13-24(26(32)15-23(17)22-14-25(31)19(3)33-16-22)29(21-7-4-5-8-21)30(37)34-27-10-6-9-20(18(27)2)11-12-28(35)36/h6,9-10,13-16,21,29H,4-5,7-8,11-12H2,1-3H3,(H,34,37)(H,35,36). The van der Waals surface area contributed by atoms with Crippen LogP contribution in [0.2, 0.25) is 5.02 Å². The molecular weight excluding hydrogens is 491 g/mol. The van der Waals surface area contributed by atoms with Gasteiger partial charge in [0, 0.05) is 29.4 Å². The fourth-order valence-electron chi connectivity index (χ4n) is 5.35. The first-order chi connectivity index (χ1) is 17.7. The first-order valence-corrected chi connectivity index (χ1v) is 13.1. The summed E-state index contributed by atoms with van der Waals surface area (Å²) < 4.78 is 15.7. The molecule has 0 aliphatic heterocycles. The third kappa shape index (κ3) is 6.02. The lowest BCUT2D eigenvalue weighted by molar-refractivity contribution is -0.137. The number of benzene rings is 2. The number of halogens is 2. The summed E-state index contributed by atoms with van der Waals surface area (Å²) in [5.41, 5.74) is 5.72. The van der Waals surface area contributed by atoms with E-state index in [-0.39, 0.29) is 18.2 Å². The van der Waals surface area contributed by atoms with E-state index in [0.717, 1.165) is 47.9 Å². The molecule has 4 rings (SSSR count). The lowest BCUT2D eigenvalue weighted by Crippen LogP contribution is -2.28. The molecule has 1 aromatic heterocycles. The van der Waals surface area contributed by atoms with E-state index in [1.165, 1.54) is 6.07 Å². The van der Waals surface area contributed by atoms with Gasteiger partial charge >= 0.3 is 5.97 Å². The first kappa shape index (κ1) is 26.8. The number of aromatic nitrogens is 1. The Morgan fingerprint density at radius 1 is 1.16 bits per heavy atom. The van der Waals surface area contributed by atoms with Crippen LogP contribution in [-0.2, 0) is 16.0 Å². The van der Waals surface area contributed by atoms with Crippen LogP contribution in [0, 0.1) is 32.5 Å². The zero-order chi connectivity index (χ0) is 26.7. The Balaban J connectivity index is 1.67. The number of carboxylic acids is 1. The number of pyridine rings is 1. The molecule has 2 N–H and O–H groups in total. The average Bonchev–Trinajstić information content (AvgIpc) is 3.38. The van der Waals surface area contributed by atoms with Crippen molar-refractivity contribution in [2.24, 2.45) is 5.92 Å². The van der Waals surface area contributed by atoms with Crippen molar-refractivity contribution in [3.8, 4) is 11.1 Å². The predicted octanol–water partition coefficient (Wildman–Crippen LogP) is 7.40. The zero-order valence-corrected chi connectivity index (χ0v) is 22.2. The Labute approximate surface area is 222 Å². The summed E-state index contributed by atoms with van der Waals surface area (Å²) in [7, 11) is 0. The summed E-state index contributed by atoms with van der Waals surface area (Å²) in [6, 6.07) is 10.5. The molecule has 0 saturated heterocycles. The third-order valence-corrected chi connectivity index (χ3v) is 7.86. The monoisotopic (exact) mass is 522 g/mol. The zero-order valence-electron chi connectivity index (χ0n) is 21.4. The number of rotatable bonds is 8. The lowest BCUT2D eigenvalue weighted by atomic mass is 9.82. The van der Waals surface area contributed by atoms with Crippen LogP contribution in [0.25, 0.3) is 11.1 Å². The van der Waals surface area contributed by atoms with Gasteiger partial charge in [-0.1, -0.05) is 42.6 Å². The van der Waals surface area contributed by atoms with Gasteiger partial charge in [0.25, 0.3) is 0 Å². The van der Waals surface area contributed by atoms with Crippen LogP contribution in [0.15, 0.2) is 42.6 Å². The van der Waals surface area contributed by atoms with Gasteiger partial charge in [0.15, 0.2) is 0 Å². The predicted molar refractivity (Wildman–Crippen MR) is 145 cm³/mol. The van der Waals surface area contributed by atoms with Crippen molar-refractivity contribution in [3.63, 3.8) is 0 Å². The number of anilines is 1. The minimum atomic E-state index is -0.867. The molecule has 3 aromatic rings. The van der Waals surface area contributed by atoms with Crippen LogP contribution in [0.5, 0.6) is 0 Å². The van der Waals surface area contributed by atoms with Gasteiger partial charge in [-0.2, -0.15) is 0 Å². The van der Waals surface area contributed by atoms with Crippen molar-refractivity contribution in [1.29, 1.82) is 0 Å². The summed E-state index contributed by atoms with van der Waals surface area (Å²) in [5.74, 6) is -2.11. The molecule has 1 aliphatic rings. The summed E-state index contributed by atoms with van der Waals surface area (Å²) in [6.07, 6.45) is 5.85. The molecule has 1 amide bonds. The molecule has 194 valence electrons. The van der Waals surface area contributed by atoms with Crippen molar-refractivity contribution in [2.45, 2.75) is 65.2 Å². The maximum absolute atomic E-state index is 15.7. The molecule has 2 aromatic carbocycles. The number of hydrogen-bond acceptors (Lipinski definition) is 3. The smallest absolute Gasteiger partial charge is 0.303 e. The number of carbonyl (C=O) groups excluding carboxylic acids is 1. The van der Waals surface area contributed by atoms with Crippen molar-refractivity contribution >= 4 is 29.2 Å². The summed E-state index contributed by atoms with van der Waals surface area (Å²) in [6.45, 7) is 5.60. The highest BCUT2D eigenvalue weighted by Gasteiger charge is 2.34. The minimum Gasteiger partial charge on any atom is -0.481 e.